The molecule has 2 atom stereocenters. The number of nitrogens with zero attached hydrogens (tertiary/aromatic N) is 1. The van der Waals surface area contributed by atoms with Crippen molar-refractivity contribution in [2.45, 2.75) is 31.4 Å². The number of carbonyl (C=O) groups excluding carboxylic acids is 1. The second-order valence-electron chi connectivity index (χ2n) is 5.69. The van der Waals surface area contributed by atoms with Gasteiger partial charge in [0.2, 0.25) is 0 Å². The Balaban J connectivity index is 0.00000176. The molecule has 0 bridgehead atoms. The van der Waals surface area contributed by atoms with Crippen LogP contribution in [0.4, 0.5) is 0 Å². The smallest absolute Gasteiger partial charge is 0.253 e. The van der Waals surface area contributed by atoms with Gasteiger partial charge >= 0.3 is 0 Å². The average Bonchev–Trinajstić information content (AvgIpc) is 2.98. The van der Waals surface area contributed by atoms with Crippen LogP contribution in [-0.4, -0.2) is 49.2 Å². The fourth-order valence-corrected chi connectivity index (χ4v) is 3.38. The van der Waals surface area contributed by atoms with Gasteiger partial charge < -0.3 is 15.0 Å². The maximum Gasteiger partial charge on any atom is 0.253 e. The number of halogens is 2. The van der Waals surface area contributed by atoms with Crippen molar-refractivity contribution >= 4 is 29.9 Å². The van der Waals surface area contributed by atoms with E-state index in [0.29, 0.717) is 13.2 Å². The summed E-state index contributed by atoms with van der Waals surface area (Å²) in [5.74, 6) is 0.122. The fourth-order valence-electron chi connectivity index (χ4n) is 3.16. The van der Waals surface area contributed by atoms with Gasteiger partial charge in [-0.05, 0) is 30.9 Å². The Morgan fingerprint density at radius 2 is 2.23 bits per heavy atom. The summed E-state index contributed by atoms with van der Waals surface area (Å²) in [4.78, 5) is 14.6. The normalized spacial score (nSPS) is 24.9. The summed E-state index contributed by atoms with van der Waals surface area (Å²) >= 11 is 6.24. The summed E-state index contributed by atoms with van der Waals surface area (Å²) in [6.45, 7) is 2.88. The van der Waals surface area contributed by atoms with E-state index >= 15 is 0 Å². The van der Waals surface area contributed by atoms with E-state index in [1.165, 1.54) is 0 Å². The van der Waals surface area contributed by atoms with E-state index in [9.17, 15) is 4.79 Å². The first kappa shape index (κ1) is 17.5. The molecule has 0 saturated carbocycles. The predicted octanol–water partition coefficient (Wildman–Crippen LogP) is 2.28. The standard InChI is InChI=1S/C16H21ClN2O2.ClH/c17-14-6-2-1-4-12(14)10-13-5-3-8-19(13)16(20)15-11-18-7-9-21-15;/h1-2,4,6,13,15,18H,3,5,7-11H2;1H. The Morgan fingerprint density at radius 3 is 2.95 bits per heavy atom. The zero-order valence-electron chi connectivity index (χ0n) is 12.5. The lowest BCUT2D eigenvalue weighted by molar-refractivity contribution is -0.146. The minimum Gasteiger partial charge on any atom is -0.366 e. The van der Waals surface area contributed by atoms with E-state index in [0.717, 1.165) is 42.9 Å². The van der Waals surface area contributed by atoms with Crippen molar-refractivity contribution in [1.82, 2.24) is 10.2 Å². The number of rotatable bonds is 3. The summed E-state index contributed by atoms with van der Waals surface area (Å²) < 4.78 is 5.59. The molecule has 4 nitrogen and oxygen atoms in total. The number of ether oxygens (including phenoxy) is 1. The number of carbonyl (C=O) groups is 1. The summed E-state index contributed by atoms with van der Waals surface area (Å²) in [6, 6.07) is 8.12. The second-order valence-corrected chi connectivity index (χ2v) is 6.09. The summed E-state index contributed by atoms with van der Waals surface area (Å²) in [6.07, 6.45) is 2.59. The fraction of sp³-hybridized carbons (Fsp3) is 0.562. The first-order chi connectivity index (χ1) is 10.3. The van der Waals surface area contributed by atoms with Crippen molar-refractivity contribution in [3.63, 3.8) is 0 Å². The van der Waals surface area contributed by atoms with Crippen LogP contribution < -0.4 is 5.32 Å². The molecule has 2 heterocycles. The van der Waals surface area contributed by atoms with Crippen molar-refractivity contribution < 1.29 is 9.53 Å². The molecule has 2 saturated heterocycles. The summed E-state index contributed by atoms with van der Waals surface area (Å²) in [7, 11) is 0. The topological polar surface area (TPSA) is 41.6 Å². The van der Waals surface area contributed by atoms with Crippen molar-refractivity contribution in [3.05, 3.63) is 34.9 Å². The van der Waals surface area contributed by atoms with Crippen molar-refractivity contribution in [2.24, 2.45) is 0 Å². The third-order valence-corrected chi connectivity index (χ3v) is 4.65. The molecule has 6 heteroatoms. The lowest BCUT2D eigenvalue weighted by Crippen LogP contribution is -2.51. The molecule has 2 aliphatic rings. The highest BCUT2D eigenvalue weighted by molar-refractivity contribution is 6.31. The van der Waals surface area contributed by atoms with Crippen LogP contribution in [0.3, 0.4) is 0 Å². The maximum absolute atomic E-state index is 12.6. The maximum atomic E-state index is 12.6. The molecule has 0 aromatic heterocycles. The second kappa shape index (κ2) is 8.16. The summed E-state index contributed by atoms with van der Waals surface area (Å²) in [5, 5.41) is 4.00. The van der Waals surface area contributed by atoms with Crippen LogP contribution >= 0.6 is 24.0 Å². The van der Waals surface area contributed by atoms with E-state index in [-0.39, 0.29) is 30.5 Å². The van der Waals surface area contributed by atoms with E-state index < -0.39 is 0 Å². The Kier molecular flexibility index (Phi) is 6.50. The van der Waals surface area contributed by atoms with Crippen molar-refractivity contribution in [2.75, 3.05) is 26.2 Å². The van der Waals surface area contributed by atoms with Gasteiger partial charge in [-0.15, -0.1) is 12.4 Å². The van der Waals surface area contributed by atoms with Crippen LogP contribution in [0.5, 0.6) is 0 Å². The molecule has 0 radical (unpaired) electrons. The minimum atomic E-state index is -0.328. The van der Waals surface area contributed by atoms with Crippen LogP contribution in [0.1, 0.15) is 18.4 Å². The zero-order valence-corrected chi connectivity index (χ0v) is 14.0. The lowest BCUT2D eigenvalue weighted by atomic mass is 10.0. The van der Waals surface area contributed by atoms with Gasteiger partial charge in [-0.3, -0.25) is 4.79 Å². The summed E-state index contributed by atoms with van der Waals surface area (Å²) in [5.41, 5.74) is 1.12. The molecule has 0 aliphatic carbocycles. The van der Waals surface area contributed by atoms with Gasteiger partial charge in [0.1, 0.15) is 6.10 Å². The SMILES string of the molecule is Cl.O=C(C1CNCCO1)N1CCCC1Cc1ccccc1Cl. The van der Waals surface area contributed by atoms with Crippen molar-refractivity contribution in [1.29, 1.82) is 0 Å². The number of nitrogens with one attached hydrogen (secondary N) is 1. The first-order valence-corrected chi connectivity index (χ1v) is 7.99. The third kappa shape index (κ3) is 3.93. The van der Waals surface area contributed by atoms with Crippen molar-refractivity contribution in [3.8, 4) is 0 Å². The van der Waals surface area contributed by atoms with Gasteiger partial charge in [0, 0.05) is 30.7 Å². The van der Waals surface area contributed by atoms with E-state index in [4.69, 9.17) is 16.3 Å². The molecule has 1 aromatic carbocycles. The number of morpholine rings is 1. The largest absolute Gasteiger partial charge is 0.366 e. The average molecular weight is 345 g/mol. The van der Waals surface area contributed by atoms with Gasteiger partial charge in [0.15, 0.2) is 0 Å². The van der Waals surface area contributed by atoms with Gasteiger partial charge in [0.25, 0.3) is 5.91 Å². The number of amides is 1. The number of hydrogen-bond donors (Lipinski definition) is 1. The number of hydrogen-bond acceptors (Lipinski definition) is 3. The van der Waals surface area contributed by atoms with E-state index in [1.807, 2.05) is 29.2 Å². The first-order valence-electron chi connectivity index (χ1n) is 7.62. The van der Waals surface area contributed by atoms with Gasteiger partial charge in [0.05, 0.1) is 6.61 Å². The van der Waals surface area contributed by atoms with Gasteiger partial charge in [-0.25, -0.2) is 0 Å². The van der Waals surface area contributed by atoms with Crippen LogP contribution in [-0.2, 0) is 16.0 Å². The molecule has 22 heavy (non-hydrogen) atoms. The van der Waals surface area contributed by atoms with Gasteiger partial charge in [-0.2, -0.15) is 0 Å². The third-order valence-electron chi connectivity index (χ3n) is 4.28. The predicted molar refractivity (Wildman–Crippen MR) is 89.7 cm³/mol. The van der Waals surface area contributed by atoms with Crippen LogP contribution in [0, 0.1) is 0 Å². The Hall–Kier alpha value is -0.810. The van der Waals surface area contributed by atoms with Gasteiger partial charge in [-0.1, -0.05) is 29.8 Å². The zero-order chi connectivity index (χ0) is 14.7. The number of benzene rings is 1. The van der Waals surface area contributed by atoms with Crippen LogP contribution in [0.15, 0.2) is 24.3 Å². The highest BCUT2D eigenvalue weighted by Gasteiger charge is 2.34. The highest BCUT2D eigenvalue weighted by Crippen LogP contribution is 2.25. The van der Waals surface area contributed by atoms with E-state index in [1.54, 1.807) is 0 Å². The van der Waals surface area contributed by atoms with Crippen LogP contribution in [0.25, 0.3) is 0 Å². The quantitative estimate of drug-likeness (QED) is 0.914. The number of likely N-dealkylation sites (tertiary alicyclic amines) is 1. The Labute approximate surface area is 142 Å². The molecule has 1 amide bonds. The molecule has 1 aromatic rings. The lowest BCUT2D eigenvalue weighted by Gasteiger charge is -2.31. The monoisotopic (exact) mass is 344 g/mol. The molecule has 2 aliphatic heterocycles. The minimum absolute atomic E-state index is 0. The van der Waals surface area contributed by atoms with E-state index in [2.05, 4.69) is 5.32 Å². The van der Waals surface area contributed by atoms with Crippen LogP contribution in [0.2, 0.25) is 5.02 Å². The Morgan fingerprint density at radius 1 is 1.41 bits per heavy atom. The highest BCUT2D eigenvalue weighted by atomic mass is 35.5. The molecule has 3 rings (SSSR count). The molecule has 0 spiro atoms. The molecule has 1 N–H and O–H groups in total. The molecule has 2 unspecified atom stereocenters. The molecular weight excluding hydrogens is 323 g/mol. The molecule has 122 valence electrons. The Bertz CT molecular complexity index is 507. The molecule has 2 fully saturated rings. The molecular formula is C16H22Cl2N2O2.